The number of hydrogen-bond donors (Lipinski definition) is 2. The number of carbonyl (C=O) groups excluding carboxylic acids is 1. The van der Waals surface area contributed by atoms with Crippen LogP contribution >= 0.6 is 11.6 Å². The first-order valence-electron chi connectivity index (χ1n) is 5.78. The predicted octanol–water partition coefficient (Wildman–Crippen LogP) is 2.10. The van der Waals surface area contributed by atoms with Gasteiger partial charge >= 0.3 is 5.97 Å². The van der Waals surface area contributed by atoms with E-state index in [4.69, 9.17) is 16.7 Å². The summed E-state index contributed by atoms with van der Waals surface area (Å²) in [5, 5.41) is 15.9. The lowest BCUT2D eigenvalue weighted by molar-refractivity contribution is -0.135. The number of halogens is 1. The van der Waals surface area contributed by atoms with Crippen LogP contribution in [0, 0.1) is 6.92 Å². The summed E-state index contributed by atoms with van der Waals surface area (Å²) < 4.78 is 0. The predicted molar refractivity (Wildman–Crippen MR) is 74.1 cm³/mol. The third-order valence-electron chi connectivity index (χ3n) is 2.58. The number of carboxylic acid groups (broad SMARTS) is 1. The zero-order valence-corrected chi connectivity index (χ0v) is 11.4. The van der Waals surface area contributed by atoms with Gasteiger partial charge < -0.3 is 5.11 Å². The molecule has 104 valence electrons. The normalized spacial score (nSPS) is 10.3. The molecule has 0 fully saturated rings. The molecule has 2 rings (SSSR count). The number of carboxylic acids is 1. The van der Waals surface area contributed by atoms with E-state index < -0.39 is 18.4 Å². The second-order valence-electron chi connectivity index (χ2n) is 4.20. The summed E-state index contributed by atoms with van der Waals surface area (Å²) in [6.45, 7) is 1.29. The molecule has 0 bridgehead atoms. The Bertz CT molecular complexity index is 654. The van der Waals surface area contributed by atoms with E-state index in [-0.39, 0.29) is 5.69 Å². The maximum Gasteiger partial charge on any atom is 0.323 e. The van der Waals surface area contributed by atoms with Crippen molar-refractivity contribution >= 4 is 29.2 Å². The van der Waals surface area contributed by atoms with Gasteiger partial charge in [0.15, 0.2) is 5.69 Å². The largest absolute Gasteiger partial charge is 0.480 e. The zero-order chi connectivity index (χ0) is 14.7. The number of anilines is 1. The quantitative estimate of drug-likeness (QED) is 0.904. The van der Waals surface area contributed by atoms with Crippen LogP contribution in [0.4, 0.5) is 5.69 Å². The molecule has 1 aromatic carbocycles. The molecule has 0 aliphatic rings. The molecule has 2 aromatic rings. The van der Waals surface area contributed by atoms with Crippen LogP contribution in [0.2, 0.25) is 5.02 Å². The fraction of sp³-hybridized carbons (Fsp3) is 0.154. The highest BCUT2D eigenvalue weighted by molar-refractivity contribution is 6.31. The Balaban J connectivity index is 2.37. The van der Waals surface area contributed by atoms with Gasteiger partial charge in [-0.1, -0.05) is 17.7 Å². The number of rotatable bonds is 4. The van der Waals surface area contributed by atoms with Crippen LogP contribution in [-0.2, 0) is 4.79 Å². The molecule has 1 amide bonds. The van der Waals surface area contributed by atoms with Gasteiger partial charge in [0.2, 0.25) is 0 Å². The molecule has 0 spiro atoms. The molecule has 0 radical (unpaired) electrons. The number of hydrogen-bond acceptors (Lipinski definition) is 3. The number of nitrogens with zero attached hydrogens (tertiary/aromatic N) is 2. The van der Waals surface area contributed by atoms with Crippen LogP contribution in [0.5, 0.6) is 0 Å². The van der Waals surface area contributed by atoms with Gasteiger partial charge in [-0.3, -0.25) is 19.6 Å². The van der Waals surface area contributed by atoms with Crippen molar-refractivity contribution in [1.82, 2.24) is 10.2 Å². The Labute approximate surface area is 120 Å². The Morgan fingerprint density at radius 2 is 2.15 bits per heavy atom. The summed E-state index contributed by atoms with van der Waals surface area (Å²) >= 11 is 5.87. The molecule has 6 nitrogen and oxygen atoms in total. The van der Waals surface area contributed by atoms with Crippen molar-refractivity contribution in [2.45, 2.75) is 6.92 Å². The molecule has 1 aromatic heterocycles. The van der Waals surface area contributed by atoms with Gasteiger partial charge in [-0.2, -0.15) is 5.10 Å². The number of amides is 1. The fourth-order valence-electron chi connectivity index (χ4n) is 1.73. The molecule has 0 saturated heterocycles. The highest BCUT2D eigenvalue weighted by Crippen LogP contribution is 2.21. The average molecular weight is 294 g/mol. The van der Waals surface area contributed by atoms with Crippen molar-refractivity contribution in [2.75, 3.05) is 11.4 Å². The van der Waals surface area contributed by atoms with E-state index in [1.807, 2.05) is 0 Å². The van der Waals surface area contributed by atoms with Crippen LogP contribution in [-0.4, -0.2) is 33.7 Å². The lowest BCUT2D eigenvalue weighted by Gasteiger charge is -2.19. The minimum atomic E-state index is -1.12. The van der Waals surface area contributed by atoms with E-state index in [0.717, 1.165) is 10.6 Å². The van der Waals surface area contributed by atoms with Crippen LogP contribution in [0.1, 0.15) is 16.2 Å². The summed E-state index contributed by atoms with van der Waals surface area (Å²) in [6.07, 6.45) is 0. The van der Waals surface area contributed by atoms with Crippen LogP contribution < -0.4 is 4.90 Å². The molecular weight excluding hydrogens is 282 g/mol. The van der Waals surface area contributed by atoms with Crippen molar-refractivity contribution in [3.8, 4) is 0 Å². The number of carbonyl (C=O) groups is 2. The van der Waals surface area contributed by atoms with Crippen molar-refractivity contribution < 1.29 is 14.7 Å². The lowest BCUT2D eigenvalue weighted by Crippen LogP contribution is -2.36. The molecule has 20 heavy (non-hydrogen) atoms. The lowest BCUT2D eigenvalue weighted by atomic mass is 10.2. The van der Waals surface area contributed by atoms with E-state index >= 15 is 0 Å². The Hall–Kier alpha value is -2.34. The van der Waals surface area contributed by atoms with Crippen molar-refractivity contribution in [3.63, 3.8) is 0 Å². The standard InChI is InChI=1S/C13H12ClN3O3/c1-8-5-11(16-15-8)13(20)17(7-12(18)19)10-4-2-3-9(14)6-10/h2-6H,7H2,1H3,(H,15,16)(H,18,19). The first kappa shape index (κ1) is 14.1. The minimum Gasteiger partial charge on any atom is -0.480 e. The van der Waals surface area contributed by atoms with Crippen LogP contribution in [0.3, 0.4) is 0 Å². The van der Waals surface area contributed by atoms with E-state index in [0.29, 0.717) is 10.7 Å². The van der Waals surface area contributed by atoms with Crippen LogP contribution in [0.25, 0.3) is 0 Å². The second-order valence-corrected chi connectivity index (χ2v) is 4.64. The average Bonchev–Trinajstić information content (AvgIpc) is 2.81. The van der Waals surface area contributed by atoms with E-state index in [2.05, 4.69) is 10.2 Å². The second kappa shape index (κ2) is 5.75. The molecule has 0 aliphatic carbocycles. The number of benzene rings is 1. The molecule has 7 heteroatoms. The number of aryl methyl sites for hydroxylation is 1. The Morgan fingerprint density at radius 1 is 1.40 bits per heavy atom. The maximum atomic E-state index is 12.3. The van der Waals surface area contributed by atoms with Gasteiger partial charge in [0, 0.05) is 16.4 Å². The summed E-state index contributed by atoms with van der Waals surface area (Å²) in [4.78, 5) is 24.4. The van der Waals surface area contributed by atoms with Crippen LogP contribution in [0.15, 0.2) is 30.3 Å². The highest BCUT2D eigenvalue weighted by atomic mass is 35.5. The monoisotopic (exact) mass is 293 g/mol. The summed E-state index contributed by atoms with van der Waals surface area (Å²) in [6, 6.07) is 8.00. The minimum absolute atomic E-state index is 0.156. The van der Waals surface area contributed by atoms with Crippen molar-refractivity contribution in [2.24, 2.45) is 0 Å². The molecule has 0 saturated carbocycles. The van der Waals surface area contributed by atoms with E-state index in [1.165, 1.54) is 6.07 Å². The number of nitrogens with one attached hydrogen (secondary N) is 1. The Morgan fingerprint density at radius 3 is 2.70 bits per heavy atom. The SMILES string of the molecule is Cc1cc(C(=O)N(CC(=O)O)c2cccc(Cl)c2)n[nH]1. The smallest absolute Gasteiger partial charge is 0.323 e. The summed E-state index contributed by atoms with van der Waals surface area (Å²) in [5.74, 6) is -1.62. The maximum absolute atomic E-state index is 12.3. The number of aliphatic carboxylic acids is 1. The van der Waals surface area contributed by atoms with Gasteiger partial charge in [-0.05, 0) is 31.2 Å². The number of H-pyrrole nitrogens is 1. The summed E-state index contributed by atoms with van der Waals surface area (Å²) in [5.41, 5.74) is 1.28. The van der Waals surface area contributed by atoms with Crippen molar-refractivity contribution in [3.05, 3.63) is 46.7 Å². The third-order valence-corrected chi connectivity index (χ3v) is 2.82. The first-order chi connectivity index (χ1) is 9.47. The molecule has 1 heterocycles. The summed E-state index contributed by atoms with van der Waals surface area (Å²) in [7, 11) is 0. The number of aromatic amines is 1. The van der Waals surface area contributed by atoms with Crippen molar-refractivity contribution in [1.29, 1.82) is 0 Å². The van der Waals surface area contributed by atoms with E-state index in [1.54, 1.807) is 31.2 Å². The van der Waals surface area contributed by atoms with Gasteiger partial charge in [-0.25, -0.2) is 0 Å². The van der Waals surface area contributed by atoms with Gasteiger partial charge in [0.05, 0.1) is 0 Å². The van der Waals surface area contributed by atoms with Gasteiger partial charge in [-0.15, -0.1) is 0 Å². The van der Waals surface area contributed by atoms with Gasteiger partial charge in [0.25, 0.3) is 5.91 Å². The third kappa shape index (κ3) is 3.16. The van der Waals surface area contributed by atoms with E-state index in [9.17, 15) is 9.59 Å². The molecule has 0 atom stereocenters. The topological polar surface area (TPSA) is 86.3 Å². The Kier molecular flexibility index (Phi) is 4.05. The number of aromatic nitrogens is 2. The molecule has 0 unspecified atom stereocenters. The zero-order valence-electron chi connectivity index (χ0n) is 10.6. The highest BCUT2D eigenvalue weighted by Gasteiger charge is 2.22. The molecule has 2 N–H and O–H groups in total. The fourth-order valence-corrected chi connectivity index (χ4v) is 1.91. The molecule has 0 aliphatic heterocycles. The first-order valence-corrected chi connectivity index (χ1v) is 6.16. The van der Waals surface area contributed by atoms with Gasteiger partial charge in [0.1, 0.15) is 6.54 Å². The molecular formula is C13H12ClN3O3.